The second-order valence-electron chi connectivity index (χ2n) is 1.51. The Morgan fingerprint density at radius 3 is 2.44 bits per heavy atom. The molecule has 0 spiro atoms. The van der Waals surface area contributed by atoms with Crippen LogP contribution in [0.4, 0.5) is 0 Å². The van der Waals surface area contributed by atoms with E-state index in [1.165, 1.54) is 6.92 Å². The summed E-state index contributed by atoms with van der Waals surface area (Å²) in [6, 6.07) is 0. The van der Waals surface area contributed by atoms with Gasteiger partial charge in [0.15, 0.2) is 0 Å². The van der Waals surface area contributed by atoms with Crippen molar-refractivity contribution in [3.8, 4) is 0 Å². The highest BCUT2D eigenvalue weighted by atomic mass is 32.2. The fourth-order valence-electron chi connectivity index (χ4n) is 0.171. The third kappa shape index (κ3) is 4.49. The number of hydrogen-bond acceptors (Lipinski definition) is 5. The molecule has 0 rings (SSSR count). The van der Waals surface area contributed by atoms with Gasteiger partial charge in [-0.15, -0.1) is 0 Å². The van der Waals surface area contributed by atoms with Gasteiger partial charge in [-0.3, -0.25) is 4.18 Å². The van der Waals surface area contributed by atoms with Crippen LogP contribution in [0, 0.1) is 0 Å². The van der Waals surface area contributed by atoms with Crippen molar-refractivity contribution in [2.75, 3.05) is 0 Å². The molecular formula is C3H8NO4S-. The average Bonchev–Trinajstić information content (AvgIpc) is 1.63. The molecule has 0 bridgehead atoms. The molecule has 5 nitrogen and oxygen atoms in total. The van der Waals surface area contributed by atoms with E-state index in [1.807, 2.05) is 0 Å². The Labute approximate surface area is 55.3 Å². The van der Waals surface area contributed by atoms with E-state index in [0.717, 1.165) is 0 Å². The lowest BCUT2D eigenvalue weighted by Gasteiger charge is -2.15. The molecule has 0 aromatic heterocycles. The van der Waals surface area contributed by atoms with Crippen LogP contribution in [0.1, 0.15) is 6.92 Å². The molecule has 0 saturated carbocycles. The van der Waals surface area contributed by atoms with Crippen molar-refractivity contribution in [1.29, 1.82) is 0 Å². The zero-order chi connectivity index (χ0) is 7.44. The molecule has 0 aromatic carbocycles. The van der Waals surface area contributed by atoms with Crippen molar-refractivity contribution < 1.29 is 18.1 Å². The summed E-state index contributed by atoms with van der Waals surface area (Å²) >= 11 is -2.65. The number of aliphatic hydroxyl groups excluding tert-OH is 1. The molecule has 6 heteroatoms. The molecule has 56 valence electrons. The Hall–Kier alpha value is -0.0100. The van der Waals surface area contributed by atoms with Crippen molar-refractivity contribution in [3.63, 3.8) is 0 Å². The van der Waals surface area contributed by atoms with Crippen LogP contribution in [-0.2, 0) is 15.5 Å². The highest BCUT2D eigenvalue weighted by Crippen LogP contribution is 1.91. The first-order valence-electron chi connectivity index (χ1n) is 2.24. The van der Waals surface area contributed by atoms with Crippen LogP contribution < -0.4 is 5.73 Å². The minimum Gasteiger partial charge on any atom is -0.750 e. The second kappa shape index (κ2) is 3.91. The molecule has 0 amide bonds. The first-order valence-corrected chi connectivity index (χ1v) is 3.24. The normalized spacial score (nSPS) is 20.9. The van der Waals surface area contributed by atoms with E-state index < -0.39 is 23.7 Å². The van der Waals surface area contributed by atoms with Crippen LogP contribution in [0.15, 0.2) is 0 Å². The van der Waals surface area contributed by atoms with Gasteiger partial charge < -0.3 is 15.4 Å². The summed E-state index contributed by atoms with van der Waals surface area (Å²) in [4.78, 5) is 0. The van der Waals surface area contributed by atoms with Gasteiger partial charge in [0, 0.05) is 0 Å². The summed E-state index contributed by atoms with van der Waals surface area (Å²) in [7, 11) is 0. The Balaban J connectivity index is 3.50. The summed E-state index contributed by atoms with van der Waals surface area (Å²) in [5.41, 5.74) is 4.95. The van der Waals surface area contributed by atoms with E-state index in [9.17, 15) is 8.76 Å². The van der Waals surface area contributed by atoms with Gasteiger partial charge in [-0.25, -0.2) is 4.21 Å². The fourth-order valence-corrected chi connectivity index (χ4v) is 0.513. The van der Waals surface area contributed by atoms with Crippen molar-refractivity contribution >= 4 is 11.4 Å². The molecule has 0 aliphatic carbocycles. The van der Waals surface area contributed by atoms with Gasteiger partial charge in [-0.2, -0.15) is 0 Å². The summed E-state index contributed by atoms with van der Waals surface area (Å²) in [6.07, 6.45) is -2.15. The molecule has 0 aliphatic heterocycles. The number of aliphatic hydroxyl groups is 1. The quantitative estimate of drug-likeness (QED) is 0.379. The molecule has 0 heterocycles. The van der Waals surface area contributed by atoms with Gasteiger partial charge in [-0.1, -0.05) is 0 Å². The van der Waals surface area contributed by atoms with Crippen LogP contribution in [0.2, 0.25) is 0 Å². The fraction of sp³-hybridized carbons (Fsp3) is 1.00. The number of nitrogens with two attached hydrogens (primary N) is 1. The van der Waals surface area contributed by atoms with E-state index in [4.69, 9.17) is 10.8 Å². The van der Waals surface area contributed by atoms with E-state index in [1.54, 1.807) is 0 Å². The van der Waals surface area contributed by atoms with E-state index in [0.29, 0.717) is 0 Å². The first-order chi connectivity index (χ1) is 4.04. The largest absolute Gasteiger partial charge is 0.750 e. The van der Waals surface area contributed by atoms with Crippen LogP contribution in [0.25, 0.3) is 0 Å². The van der Waals surface area contributed by atoms with E-state index in [-0.39, 0.29) is 0 Å². The molecule has 0 aromatic rings. The van der Waals surface area contributed by atoms with E-state index in [2.05, 4.69) is 4.18 Å². The third-order valence-corrected chi connectivity index (χ3v) is 1.04. The van der Waals surface area contributed by atoms with Crippen molar-refractivity contribution in [3.05, 3.63) is 0 Å². The molecule has 0 fully saturated rings. The summed E-state index contributed by atoms with van der Waals surface area (Å²) < 4.78 is 23.4. The molecule has 9 heavy (non-hydrogen) atoms. The Morgan fingerprint density at radius 2 is 2.33 bits per heavy atom. The summed E-state index contributed by atoms with van der Waals surface area (Å²) in [6.45, 7) is 1.33. The van der Waals surface area contributed by atoms with Gasteiger partial charge in [0.25, 0.3) is 0 Å². The van der Waals surface area contributed by atoms with Crippen molar-refractivity contribution in [1.82, 2.24) is 0 Å². The highest BCUT2D eigenvalue weighted by Gasteiger charge is 2.08. The second-order valence-corrected chi connectivity index (χ2v) is 2.11. The summed E-state index contributed by atoms with van der Waals surface area (Å²) in [5, 5.41) is 8.55. The minimum absolute atomic E-state index is 0.983. The molecule has 0 aliphatic rings. The Kier molecular flexibility index (Phi) is 3.91. The van der Waals surface area contributed by atoms with Gasteiger partial charge in [-0.05, 0) is 6.92 Å². The minimum atomic E-state index is -2.65. The topological polar surface area (TPSA) is 95.6 Å². The average molecular weight is 154 g/mol. The zero-order valence-electron chi connectivity index (χ0n) is 4.81. The smallest absolute Gasteiger partial charge is 0.147 e. The van der Waals surface area contributed by atoms with Crippen molar-refractivity contribution in [2.45, 2.75) is 19.3 Å². The standard InChI is InChI=1S/C3H9NO4S/c1-2(5)3(4)8-9(6)7/h2-3,5H,4H2,1H3,(H,6,7)/p-1. The lowest BCUT2D eigenvalue weighted by Crippen LogP contribution is -2.35. The highest BCUT2D eigenvalue weighted by molar-refractivity contribution is 7.74. The maximum Gasteiger partial charge on any atom is 0.147 e. The molecule has 0 radical (unpaired) electrons. The summed E-state index contributed by atoms with van der Waals surface area (Å²) in [5.74, 6) is 0. The number of rotatable bonds is 3. The molecule has 3 unspecified atom stereocenters. The predicted octanol–water partition coefficient (Wildman–Crippen LogP) is -1.54. The maximum absolute atomic E-state index is 9.70. The van der Waals surface area contributed by atoms with Gasteiger partial charge in [0.1, 0.15) is 6.23 Å². The molecule has 3 N–H and O–H groups in total. The maximum atomic E-state index is 9.70. The SMILES string of the molecule is CC(O)C(N)OS(=O)[O-]. The van der Waals surface area contributed by atoms with Crippen LogP contribution >= 0.6 is 0 Å². The van der Waals surface area contributed by atoms with Crippen LogP contribution in [0.3, 0.4) is 0 Å². The monoisotopic (exact) mass is 154 g/mol. The molecular weight excluding hydrogens is 146 g/mol. The van der Waals surface area contributed by atoms with Gasteiger partial charge in [0.05, 0.1) is 17.5 Å². The van der Waals surface area contributed by atoms with Crippen molar-refractivity contribution in [2.24, 2.45) is 5.73 Å². The van der Waals surface area contributed by atoms with Crippen LogP contribution in [-0.4, -0.2) is 26.2 Å². The molecule has 3 atom stereocenters. The Morgan fingerprint density at radius 1 is 1.89 bits per heavy atom. The lowest BCUT2D eigenvalue weighted by atomic mass is 10.4. The predicted molar refractivity (Wildman–Crippen MR) is 29.7 cm³/mol. The zero-order valence-corrected chi connectivity index (χ0v) is 5.63. The third-order valence-electron chi connectivity index (χ3n) is 0.665. The van der Waals surface area contributed by atoms with E-state index >= 15 is 0 Å². The number of hydrogen-bond donors (Lipinski definition) is 2. The van der Waals surface area contributed by atoms with Gasteiger partial charge in [0.2, 0.25) is 0 Å². The Bertz CT molecular complexity index is 106. The van der Waals surface area contributed by atoms with Gasteiger partial charge >= 0.3 is 0 Å². The lowest BCUT2D eigenvalue weighted by molar-refractivity contribution is 0.0551. The first kappa shape index (κ1) is 8.99. The van der Waals surface area contributed by atoms with Crippen LogP contribution in [0.5, 0.6) is 0 Å². The molecule has 0 saturated heterocycles.